The first-order valence-electron chi connectivity index (χ1n) is 6.43. The van der Waals surface area contributed by atoms with Crippen molar-refractivity contribution in [2.75, 3.05) is 38.2 Å². The number of hydrogen-bond donors (Lipinski definition) is 1. The minimum atomic E-state index is -0.135. The number of nitrogens with zero attached hydrogens (tertiary/aromatic N) is 2. The lowest BCUT2D eigenvalue weighted by molar-refractivity contribution is -0.140. The molecule has 0 spiro atoms. The molecule has 0 saturated carbocycles. The Morgan fingerprint density at radius 3 is 2.63 bits per heavy atom. The number of ether oxygens (including phenoxy) is 1. The largest absolute Gasteiger partial charge is 0.469 e. The van der Waals surface area contributed by atoms with Gasteiger partial charge in [0.15, 0.2) is 5.96 Å². The fraction of sp³-hybridized carbons (Fsp3) is 0.833. The number of carbonyl (C=O) groups is 1. The van der Waals surface area contributed by atoms with Crippen LogP contribution in [0.25, 0.3) is 0 Å². The molecule has 2 N–H and O–H groups in total. The molecule has 1 rings (SSSR count). The van der Waals surface area contributed by atoms with E-state index in [0.29, 0.717) is 12.4 Å². The number of methoxy groups -OCH3 is 1. The first-order valence-corrected chi connectivity index (χ1v) is 7.59. The van der Waals surface area contributed by atoms with Gasteiger partial charge in [-0.2, -0.15) is 11.8 Å². The lowest BCUT2D eigenvalue weighted by Crippen LogP contribution is -2.42. The molecule has 0 radical (unpaired) electrons. The molecule has 112 valence electrons. The molecule has 0 amide bonds. The minimum Gasteiger partial charge on any atom is -0.469 e. The third-order valence-corrected chi connectivity index (χ3v) is 3.82. The highest BCUT2D eigenvalue weighted by Crippen LogP contribution is 2.08. The van der Waals surface area contributed by atoms with Crippen molar-refractivity contribution in [3.05, 3.63) is 0 Å². The maximum absolute atomic E-state index is 10.9. The number of carbonyl (C=O) groups excluding carboxylic acids is 1. The topological polar surface area (TPSA) is 67.9 Å². The summed E-state index contributed by atoms with van der Waals surface area (Å²) in [6.45, 7) is 2.75. The molecule has 0 bridgehead atoms. The molecule has 1 heterocycles. The molecule has 19 heavy (non-hydrogen) atoms. The fourth-order valence-corrected chi connectivity index (χ4v) is 2.65. The maximum atomic E-state index is 10.9. The SMILES string of the molecule is COC(=O)CCCCCN=C(N)N1CCSCC1.I. The molecule has 1 fully saturated rings. The molecule has 0 atom stereocenters. The van der Waals surface area contributed by atoms with Crippen LogP contribution in [0.15, 0.2) is 4.99 Å². The van der Waals surface area contributed by atoms with Gasteiger partial charge in [0.1, 0.15) is 0 Å². The molecule has 0 aromatic carbocycles. The van der Waals surface area contributed by atoms with Gasteiger partial charge in [0.05, 0.1) is 7.11 Å². The molecule has 7 heteroatoms. The lowest BCUT2D eigenvalue weighted by atomic mass is 10.2. The molecular formula is C12H24IN3O2S. The second-order valence-electron chi connectivity index (χ2n) is 4.23. The summed E-state index contributed by atoms with van der Waals surface area (Å²) in [5, 5.41) is 0. The van der Waals surface area contributed by atoms with Gasteiger partial charge < -0.3 is 15.4 Å². The van der Waals surface area contributed by atoms with E-state index in [1.54, 1.807) is 0 Å². The number of guanidine groups is 1. The summed E-state index contributed by atoms with van der Waals surface area (Å²) in [5.74, 6) is 2.80. The normalized spacial score (nSPS) is 15.8. The average Bonchev–Trinajstić information content (AvgIpc) is 2.43. The number of unbranched alkanes of at least 4 members (excludes halogenated alkanes) is 2. The second-order valence-corrected chi connectivity index (χ2v) is 5.45. The van der Waals surface area contributed by atoms with E-state index in [1.807, 2.05) is 11.8 Å². The van der Waals surface area contributed by atoms with Crippen molar-refractivity contribution in [2.45, 2.75) is 25.7 Å². The first kappa shape index (κ1) is 18.8. The van der Waals surface area contributed by atoms with Crippen LogP contribution in [-0.2, 0) is 9.53 Å². The van der Waals surface area contributed by atoms with E-state index >= 15 is 0 Å². The highest BCUT2D eigenvalue weighted by Gasteiger charge is 2.11. The van der Waals surface area contributed by atoms with Gasteiger partial charge in [-0.15, -0.1) is 24.0 Å². The Morgan fingerprint density at radius 1 is 1.32 bits per heavy atom. The third kappa shape index (κ3) is 8.56. The number of nitrogens with two attached hydrogens (primary N) is 1. The van der Waals surface area contributed by atoms with Crippen LogP contribution in [0.2, 0.25) is 0 Å². The van der Waals surface area contributed by atoms with Gasteiger partial charge in [0, 0.05) is 37.6 Å². The molecule has 5 nitrogen and oxygen atoms in total. The quantitative estimate of drug-likeness (QED) is 0.241. The van der Waals surface area contributed by atoms with Gasteiger partial charge in [-0.05, 0) is 12.8 Å². The Hall–Kier alpha value is -0.180. The third-order valence-electron chi connectivity index (χ3n) is 2.88. The number of rotatable bonds is 6. The molecule has 0 aliphatic carbocycles. The van der Waals surface area contributed by atoms with Crippen LogP contribution in [0, 0.1) is 0 Å². The van der Waals surface area contributed by atoms with Crippen LogP contribution in [0.4, 0.5) is 0 Å². The summed E-state index contributed by atoms with van der Waals surface area (Å²) >= 11 is 1.96. The number of halogens is 1. The summed E-state index contributed by atoms with van der Waals surface area (Å²) < 4.78 is 4.58. The fourth-order valence-electron chi connectivity index (χ4n) is 1.75. The van der Waals surface area contributed by atoms with E-state index in [-0.39, 0.29) is 29.9 Å². The van der Waals surface area contributed by atoms with Gasteiger partial charge >= 0.3 is 5.97 Å². The number of thioether (sulfide) groups is 1. The predicted octanol–water partition coefficient (Wildman–Crippen LogP) is 1.70. The number of hydrogen-bond acceptors (Lipinski definition) is 4. The van der Waals surface area contributed by atoms with Gasteiger partial charge in [0.2, 0.25) is 0 Å². The first-order chi connectivity index (χ1) is 8.74. The summed E-state index contributed by atoms with van der Waals surface area (Å²) in [6.07, 6.45) is 3.32. The second kappa shape index (κ2) is 11.6. The van der Waals surface area contributed by atoms with Crippen LogP contribution in [0.1, 0.15) is 25.7 Å². The van der Waals surface area contributed by atoms with Crippen molar-refractivity contribution >= 4 is 47.7 Å². The summed E-state index contributed by atoms with van der Waals surface area (Å²) in [7, 11) is 1.42. The zero-order valence-electron chi connectivity index (χ0n) is 11.5. The molecule has 1 saturated heterocycles. The van der Waals surface area contributed by atoms with Crippen LogP contribution in [0.5, 0.6) is 0 Å². The minimum absolute atomic E-state index is 0. The maximum Gasteiger partial charge on any atom is 0.305 e. The van der Waals surface area contributed by atoms with Crippen LogP contribution in [-0.4, -0.2) is 55.1 Å². The van der Waals surface area contributed by atoms with E-state index in [9.17, 15) is 4.79 Å². The molecule has 1 aliphatic rings. The van der Waals surface area contributed by atoms with E-state index in [4.69, 9.17) is 5.73 Å². The highest BCUT2D eigenvalue weighted by atomic mass is 127. The van der Waals surface area contributed by atoms with Crippen LogP contribution in [0.3, 0.4) is 0 Å². The summed E-state index contributed by atoms with van der Waals surface area (Å²) in [5.41, 5.74) is 5.93. The van der Waals surface area contributed by atoms with Gasteiger partial charge in [-0.1, -0.05) is 6.42 Å². The number of aliphatic imine (C=N–C) groups is 1. The van der Waals surface area contributed by atoms with Crippen molar-refractivity contribution in [2.24, 2.45) is 10.7 Å². The van der Waals surface area contributed by atoms with Gasteiger partial charge in [0.25, 0.3) is 0 Å². The monoisotopic (exact) mass is 401 g/mol. The van der Waals surface area contributed by atoms with E-state index in [2.05, 4.69) is 14.6 Å². The molecular weight excluding hydrogens is 377 g/mol. The van der Waals surface area contributed by atoms with Crippen molar-refractivity contribution in [3.8, 4) is 0 Å². The van der Waals surface area contributed by atoms with Gasteiger partial charge in [-0.3, -0.25) is 9.79 Å². The molecule has 0 unspecified atom stereocenters. The zero-order chi connectivity index (χ0) is 13.2. The van der Waals surface area contributed by atoms with Crippen molar-refractivity contribution in [1.82, 2.24) is 4.90 Å². The van der Waals surface area contributed by atoms with E-state index in [0.717, 1.165) is 50.4 Å². The Labute approximate surface area is 136 Å². The molecule has 0 aromatic heterocycles. The molecule has 0 aromatic rings. The average molecular weight is 401 g/mol. The van der Waals surface area contributed by atoms with Gasteiger partial charge in [-0.25, -0.2) is 0 Å². The standard InChI is InChI=1S/C12H23N3O2S.HI/c1-17-11(16)5-3-2-4-6-14-12(13)15-7-9-18-10-8-15;/h2-10H2,1H3,(H2,13,14);1H. The predicted molar refractivity (Wildman–Crippen MR) is 91.3 cm³/mol. The Balaban J connectivity index is 0.00000324. The molecule has 1 aliphatic heterocycles. The van der Waals surface area contributed by atoms with E-state index in [1.165, 1.54) is 7.11 Å². The summed E-state index contributed by atoms with van der Waals surface area (Å²) in [6, 6.07) is 0. The van der Waals surface area contributed by atoms with Crippen molar-refractivity contribution in [1.29, 1.82) is 0 Å². The Kier molecular flexibility index (Phi) is 11.5. The van der Waals surface area contributed by atoms with Crippen molar-refractivity contribution in [3.63, 3.8) is 0 Å². The Morgan fingerprint density at radius 2 is 2.00 bits per heavy atom. The Bertz CT molecular complexity index is 284. The lowest BCUT2D eigenvalue weighted by Gasteiger charge is -2.27. The van der Waals surface area contributed by atoms with Crippen molar-refractivity contribution < 1.29 is 9.53 Å². The number of esters is 1. The van der Waals surface area contributed by atoms with Crippen LogP contribution >= 0.6 is 35.7 Å². The van der Waals surface area contributed by atoms with Crippen LogP contribution < -0.4 is 5.73 Å². The summed E-state index contributed by atoms with van der Waals surface area (Å²) in [4.78, 5) is 17.4. The highest BCUT2D eigenvalue weighted by molar-refractivity contribution is 14.0. The van der Waals surface area contributed by atoms with E-state index < -0.39 is 0 Å². The zero-order valence-corrected chi connectivity index (χ0v) is 14.6. The smallest absolute Gasteiger partial charge is 0.305 e.